The fourth-order valence-corrected chi connectivity index (χ4v) is 3.52. The Morgan fingerprint density at radius 1 is 1.24 bits per heavy atom. The molecule has 25 heavy (non-hydrogen) atoms. The van der Waals surface area contributed by atoms with Crippen LogP contribution in [0.4, 0.5) is 5.69 Å². The third kappa shape index (κ3) is 5.15. The minimum absolute atomic E-state index is 0.0839. The van der Waals surface area contributed by atoms with Crippen molar-refractivity contribution < 1.29 is 22.7 Å². The maximum atomic E-state index is 12.3. The zero-order valence-corrected chi connectivity index (χ0v) is 15.2. The number of aryl methyl sites for hydroxylation is 2. The summed E-state index contributed by atoms with van der Waals surface area (Å²) in [5, 5.41) is 12.7. The third-order valence-electron chi connectivity index (χ3n) is 3.63. The molecule has 1 aromatic carbocycles. The van der Waals surface area contributed by atoms with Crippen LogP contribution >= 0.6 is 0 Å². The molecular formula is C17H22N2O5S. The van der Waals surface area contributed by atoms with Gasteiger partial charge in [0, 0.05) is 24.7 Å². The highest BCUT2D eigenvalue weighted by Gasteiger charge is 2.17. The minimum atomic E-state index is -3.69. The average Bonchev–Trinajstić information content (AvgIpc) is 2.85. The van der Waals surface area contributed by atoms with Crippen LogP contribution in [-0.4, -0.2) is 26.0 Å². The van der Waals surface area contributed by atoms with E-state index in [2.05, 4.69) is 10.0 Å². The van der Waals surface area contributed by atoms with Crippen LogP contribution in [0.5, 0.6) is 0 Å². The summed E-state index contributed by atoms with van der Waals surface area (Å²) in [4.78, 5) is 11.1. The van der Waals surface area contributed by atoms with Gasteiger partial charge in [0.15, 0.2) is 0 Å². The minimum Gasteiger partial charge on any atom is -0.466 e. The van der Waals surface area contributed by atoms with Gasteiger partial charge in [-0.2, -0.15) is 0 Å². The first-order valence-corrected chi connectivity index (χ1v) is 9.29. The Hall–Kier alpha value is -2.16. The average molecular weight is 366 g/mol. The Labute approximate surface area is 147 Å². The van der Waals surface area contributed by atoms with Gasteiger partial charge in [-0.15, -0.1) is 0 Å². The second-order valence-electron chi connectivity index (χ2n) is 5.78. The quantitative estimate of drug-likeness (QED) is 0.696. The zero-order valence-electron chi connectivity index (χ0n) is 14.4. The van der Waals surface area contributed by atoms with Crippen LogP contribution in [0, 0.1) is 13.8 Å². The van der Waals surface area contributed by atoms with Crippen molar-refractivity contribution in [2.24, 2.45) is 0 Å². The van der Waals surface area contributed by atoms with Crippen LogP contribution in [0.1, 0.15) is 36.5 Å². The molecule has 0 saturated heterocycles. The molecule has 1 heterocycles. The van der Waals surface area contributed by atoms with Gasteiger partial charge in [-0.1, -0.05) is 0 Å². The Balaban J connectivity index is 1.95. The zero-order chi connectivity index (χ0) is 18.6. The van der Waals surface area contributed by atoms with E-state index in [1.807, 2.05) is 0 Å². The molecule has 0 aliphatic rings. The molecule has 1 unspecified atom stereocenters. The van der Waals surface area contributed by atoms with Gasteiger partial charge in [0.1, 0.15) is 11.5 Å². The van der Waals surface area contributed by atoms with E-state index in [-0.39, 0.29) is 23.8 Å². The van der Waals surface area contributed by atoms with Gasteiger partial charge in [-0.05, 0) is 50.6 Å². The molecule has 8 heteroatoms. The van der Waals surface area contributed by atoms with E-state index in [0.29, 0.717) is 22.8 Å². The molecule has 7 nitrogen and oxygen atoms in total. The molecule has 0 saturated carbocycles. The van der Waals surface area contributed by atoms with Gasteiger partial charge in [0.2, 0.25) is 15.9 Å². The van der Waals surface area contributed by atoms with Crippen LogP contribution in [-0.2, 0) is 14.8 Å². The first-order chi connectivity index (χ1) is 11.7. The van der Waals surface area contributed by atoms with Crippen LogP contribution < -0.4 is 10.0 Å². The number of sulfonamides is 1. The van der Waals surface area contributed by atoms with Crippen molar-refractivity contribution in [2.45, 2.75) is 38.2 Å². The largest absolute Gasteiger partial charge is 0.466 e. The highest BCUT2D eigenvalue weighted by atomic mass is 32.2. The predicted molar refractivity (Wildman–Crippen MR) is 93.7 cm³/mol. The monoisotopic (exact) mass is 366 g/mol. The molecule has 2 rings (SSSR count). The van der Waals surface area contributed by atoms with Crippen molar-refractivity contribution in [2.75, 3.05) is 11.9 Å². The molecule has 0 spiro atoms. The fourth-order valence-electron chi connectivity index (χ4n) is 2.47. The number of nitrogens with one attached hydrogen (secondary N) is 2. The molecule has 0 aliphatic carbocycles. The summed E-state index contributed by atoms with van der Waals surface area (Å²) in [7, 11) is -3.69. The van der Waals surface area contributed by atoms with E-state index in [9.17, 15) is 18.3 Å². The van der Waals surface area contributed by atoms with Gasteiger partial charge in [-0.3, -0.25) is 4.79 Å². The number of rotatable bonds is 7. The molecule has 1 atom stereocenters. The second-order valence-corrected chi connectivity index (χ2v) is 7.54. The summed E-state index contributed by atoms with van der Waals surface area (Å²) in [6.07, 6.45) is -0.578. The van der Waals surface area contributed by atoms with E-state index < -0.39 is 16.1 Å². The summed E-state index contributed by atoms with van der Waals surface area (Å²) in [5.41, 5.74) is 1.18. The summed E-state index contributed by atoms with van der Waals surface area (Å²) in [6.45, 7) is 5.00. The van der Waals surface area contributed by atoms with E-state index in [1.54, 1.807) is 19.9 Å². The van der Waals surface area contributed by atoms with Gasteiger partial charge >= 0.3 is 0 Å². The lowest BCUT2D eigenvalue weighted by molar-refractivity contribution is -0.114. The Morgan fingerprint density at radius 2 is 1.88 bits per heavy atom. The molecule has 0 fully saturated rings. The van der Waals surface area contributed by atoms with Crippen molar-refractivity contribution in [1.29, 1.82) is 0 Å². The van der Waals surface area contributed by atoms with E-state index in [0.717, 1.165) is 0 Å². The number of carbonyl (C=O) groups excluding carboxylic acids is 1. The lowest BCUT2D eigenvalue weighted by Crippen LogP contribution is -2.26. The number of amides is 1. The van der Waals surface area contributed by atoms with Crippen molar-refractivity contribution >= 4 is 21.6 Å². The Kier molecular flexibility index (Phi) is 5.99. The maximum Gasteiger partial charge on any atom is 0.240 e. The number of anilines is 1. The molecule has 1 aromatic heterocycles. The molecule has 136 valence electrons. The number of aliphatic hydroxyl groups is 1. The van der Waals surface area contributed by atoms with E-state index in [1.165, 1.54) is 31.2 Å². The summed E-state index contributed by atoms with van der Waals surface area (Å²) < 4.78 is 32.3. The molecule has 3 N–H and O–H groups in total. The highest BCUT2D eigenvalue weighted by Crippen LogP contribution is 2.23. The fraction of sp³-hybridized carbons (Fsp3) is 0.353. The number of benzene rings is 1. The molecule has 1 amide bonds. The van der Waals surface area contributed by atoms with Gasteiger partial charge in [-0.25, -0.2) is 13.1 Å². The normalized spacial score (nSPS) is 12.8. The van der Waals surface area contributed by atoms with Crippen LogP contribution in [0.2, 0.25) is 0 Å². The van der Waals surface area contributed by atoms with Gasteiger partial charge in [0.25, 0.3) is 0 Å². The first kappa shape index (κ1) is 19.2. The summed E-state index contributed by atoms with van der Waals surface area (Å²) in [6, 6.07) is 7.60. The van der Waals surface area contributed by atoms with Crippen molar-refractivity contribution in [1.82, 2.24) is 4.72 Å². The lowest BCUT2D eigenvalue weighted by Gasteiger charge is -2.11. The standard InChI is InChI=1S/C17H22N2O5S/c1-11-10-16(12(2)24-11)17(21)8-9-18-25(22,23)15-6-4-14(5-7-15)19-13(3)20/h4-7,10,17-18,21H,8-9H2,1-3H3,(H,19,20). The maximum absolute atomic E-state index is 12.3. The van der Waals surface area contributed by atoms with E-state index in [4.69, 9.17) is 4.42 Å². The Morgan fingerprint density at radius 3 is 2.40 bits per heavy atom. The third-order valence-corrected chi connectivity index (χ3v) is 5.11. The topological polar surface area (TPSA) is 109 Å². The van der Waals surface area contributed by atoms with Crippen molar-refractivity contribution in [3.05, 3.63) is 47.4 Å². The SMILES string of the molecule is CC(=O)Nc1ccc(S(=O)(=O)NCCC(O)c2cc(C)oc2C)cc1. The molecule has 0 aliphatic heterocycles. The molecule has 2 aromatic rings. The first-order valence-electron chi connectivity index (χ1n) is 7.81. The Bertz CT molecular complexity index is 840. The van der Waals surface area contributed by atoms with Crippen molar-refractivity contribution in [3.63, 3.8) is 0 Å². The van der Waals surface area contributed by atoms with Gasteiger partial charge in [0.05, 0.1) is 11.0 Å². The number of carbonyl (C=O) groups is 1. The second kappa shape index (κ2) is 7.81. The number of hydrogen-bond acceptors (Lipinski definition) is 5. The molecular weight excluding hydrogens is 344 g/mol. The summed E-state index contributed by atoms with van der Waals surface area (Å²) >= 11 is 0. The number of furan rings is 1. The smallest absolute Gasteiger partial charge is 0.240 e. The van der Waals surface area contributed by atoms with Gasteiger partial charge < -0.3 is 14.8 Å². The molecule has 0 bridgehead atoms. The lowest BCUT2D eigenvalue weighted by atomic mass is 10.1. The van der Waals surface area contributed by atoms with Crippen LogP contribution in [0.3, 0.4) is 0 Å². The van der Waals surface area contributed by atoms with Crippen molar-refractivity contribution in [3.8, 4) is 0 Å². The number of aliphatic hydroxyl groups excluding tert-OH is 1. The van der Waals surface area contributed by atoms with Crippen LogP contribution in [0.25, 0.3) is 0 Å². The van der Waals surface area contributed by atoms with E-state index >= 15 is 0 Å². The highest BCUT2D eigenvalue weighted by molar-refractivity contribution is 7.89. The number of hydrogen-bond donors (Lipinski definition) is 3. The summed E-state index contributed by atoms with van der Waals surface area (Å²) in [5.74, 6) is 1.10. The van der Waals surface area contributed by atoms with Crippen LogP contribution in [0.15, 0.2) is 39.6 Å². The predicted octanol–water partition coefficient (Wildman–Crippen LogP) is 2.26. The molecule has 0 radical (unpaired) electrons.